The van der Waals surface area contributed by atoms with Crippen molar-refractivity contribution in [3.63, 3.8) is 0 Å². The molecule has 0 spiro atoms. The molecule has 0 radical (unpaired) electrons. The fraction of sp³-hybridized carbons (Fsp3) is 0.429. The second kappa shape index (κ2) is 8.94. The van der Waals surface area contributed by atoms with Crippen molar-refractivity contribution < 1.29 is 9.47 Å². The Hall–Kier alpha value is -2.42. The first-order chi connectivity index (χ1) is 14.2. The molecule has 1 N–H and O–H groups in total. The Morgan fingerprint density at radius 2 is 1.97 bits per heavy atom. The Morgan fingerprint density at radius 3 is 2.69 bits per heavy atom. The van der Waals surface area contributed by atoms with Gasteiger partial charge in [-0.3, -0.25) is 0 Å². The average molecular weight is 414 g/mol. The van der Waals surface area contributed by atoms with Gasteiger partial charge in [0.05, 0.1) is 32.2 Å². The molecule has 154 valence electrons. The van der Waals surface area contributed by atoms with Gasteiger partial charge in [-0.1, -0.05) is 0 Å². The van der Waals surface area contributed by atoms with E-state index in [4.69, 9.17) is 9.47 Å². The zero-order chi connectivity index (χ0) is 20.2. The largest absolute Gasteiger partial charge is 0.497 e. The normalized spacial score (nSPS) is 15.5. The van der Waals surface area contributed by atoms with Gasteiger partial charge in [0, 0.05) is 48.0 Å². The molecule has 7 nitrogen and oxygen atoms in total. The van der Waals surface area contributed by atoms with Gasteiger partial charge in [0.25, 0.3) is 0 Å². The predicted molar refractivity (Wildman–Crippen MR) is 115 cm³/mol. The van der Waals surface area contributed by atoms with Crippen molar-refractivity contribution in [1.29, 1.82) is 0 Å². The molecule has 1 atom stereocenters. The van der Waals surface area contributed by atoms with Crippen molar-refractivity contribution in [1.82, 2.24) is 20.1 Å². The van der Waals surface area contributed by atoms with E-state index in [2.05, 4.69) is 34.1 Å². The summed E-state index contributed by atoms with van der Waals surface area (Å²) in [4.78, 5) is 8.12. The Morgan fingerprint density at radius 1 is 1.21 bits per heavy atom. The van der Waals surface area contributed by atoms with Crippen LogP contribution in [0.2, 0.25) is 0 Å². The predicted octanol–water partition coefficient (Wildman–Crippen LogP) is 3.33. The number of methoxy groups -OCH3 is 1. The fourth-order valence-corrected chi connectivity index (χ4v) is 4.39. The van der Waals surface area contributed by atoms with Gasteiger partial charge in [-0.05, 0) is 38.1 Å². The van der Waals surface area contributed by atoms with Crippen LogP contribution in [0.15, 0.2) is 36.7 Å². The van der Waals surface area contributed by atoms with Crippen LogP contribution in [-0.2, 0) is 11.3 Å². The summed E-state index contributed by atoms with van der Waals surface area (Å²) >= 11 is 1.75. The van der Waals surface area contributed by atoms with Gasteiger partial charge in [-0.15, -0.1) is 11.3 Å². The maximum atomic E-state index is 5.42. The smallest absolute Gasteiger partial charge is 0.185 e. The van der Waals surface area contributed by atoms with Gasteiger partial charge in [-0.2, -0.15) is 5.10 Å². The topological polar surface area (TPSA) is 64.4 Å². The molecule has 0 bridgehead atoms. The van der Waals surface area contributed by atoms with E-state index in [1.54, 1.807) is 18.4 Å². The quantitative estimate of drug-likeness (QED) is 0.641. The third-order valence-electron chi connectivity index (χ3n) is 5.24. The Labute approximate surface area is 175 Å². The highest BCUT2D eigenvalue weighted by Gasteiger charge is 2.17. The molecule has 0 amide bonds. The standard InChI is InChI=1S/C21H27N5O2S/c1-15(22-12-19-13-23-21(29-19)25-8-10-28-11-9-25)20-14-24-26(16(20)2)17-4-6-18(27-3)7-5-17/h4-7,13-15,22H,8-12H2,1-3H3. The first-order valence-corrected chi connectivity index (χ1v) is 10.7. The van der Waals surface area contributed by atoms with Crippen LogP contribution in [0.1, 0.15) is 29.1 Å². The summed E-state index contributed by atoms with van der Waals surface area (Å²) in [6.45, 7) is 8.46. The Balaban J connectivity index is 1.39. The highest BCUT2D eigenvalue weighted by molar-refractivity contribution is 7.15. The third kappa shape index (κ3) is 4.44. The molecule has 0 saturated carbocycles. The lowest BCUT2D eigenvalue weighted by Crippen LogP contribution is -2.36. The van der Waals surface area contributed by atoms with E-state index in [0.717, 1.165) is 55.1 Å². The molecule has 1 fully saturated rings. The number of anilines is 1. The minimum Gasteiger partial charge on any atom is -0.497 e. The number of hydrogen-bond donors (Lipinski definition) is 1. The molecule has 1 unspecified atom stereocenters. The molecule has 3 heterocycles. The van der Waals surface area contributed by atoms with Gasteiger partial charge in [-0.25, -0.2) is 9.67 Å². The minimum atomic E-state index is 0.191. The maximum absolute atomic E-state index is 5.42. The highest BCUT2D eigenvalue weighted by Crippen LogP contribution is 2.25. The summed E-state index contributed by atoms with van der Waals surface area (Å²) in [7, 11) is 1.67. The van der Waals surface area contributed by atoms with Crippen molar-refractivity contribution in [2.24, 2.45) is 0 Å². The summed E-state index contributed by atoms with van der Waals surface area (Å²) in [5.41, 5.74) is 3.35. The zero-order valence-electron chi connectivity index (χ0n) is 17.1. The molecular formula is C21H27N5O2S. The molecule has 1 saturated heterocycles. The van der Waals surface area contributed by atoms with E-state index in [0.29, 0.717) is 0 Å². The summed E-state index contributed by atoms with van der Waals surface area (Å²) in [5, 5.41) is 9.28. The average Bonchev–Trinajstić information content (AvgIpc) is 3.40. The molecule has 2 aromatic heterocycles. The highest BCUT2D eigenvalue weighted by atomic mass is 32.1. The molecular weight excluding hydrogens is 386 g/mol. The van der Waals surface area contributed by atoms with E-state index in [1.165, 1.54) is 10.4 Å². The molecule has 1 aliphatic heterocycles. The zero-order valence-corrected chi connectivity index (χ0v) is 17.9. The first-order valence-electron chi connectivity index (χ1n) is 9.85. The first kappa shape index (κ1) is 19.9. The monoisotopic (exact) mass is 413 g/mol. The number of nitrogens with zero attached hydrogens (tertiary/aromatic N) is 4. The molecule has 0 aliphatic carbocycles. The van der Waals surface area contributed by atoms with Crippen LogP contribution in [0.4, 0.5) is 5.13 Å². The van der Waals surface area contributed by atoms with Gasteiger partial charge < -0.3 is 19.7 Å². The van der Waals surface area contributed by atoms with Gasteiger partial charge in [0.1, 0.15) is 5.75 Å². The molecule has 29 heavy (non-hydrogen) atoms. The van der Waals surface area contributed by atoms with Crippen LogP contribution in [-0.4, -0.2) is 48.2 Å². The van der Waals surface area contributed by atoms with Crippen LogP contribution >= 0.6 is 11.3 Å². The molecule has 1 aromatic carbocycles. The van der Waals surface area contributed by atoms with Crippen molar-refractivity contribution in [2.75, 3.05) is 38.3 Å². The Kier molecular flexibility index (Phi) is 6.13. The van der Waals surface area contributed by atoms with Crippen LogP contribution < -0.4 is 15.0 Å². The number of thiazole rings is 1. The number of benzene rings is 1. The van der Waals surface area contributed by atoms with Gasteiger partial charge >= 0.3 is 0 Å². The fourth-order valence-electron chi connectivity index (χ4n) is 3.47. The third-order valence-corrected chi connectivity index (χ3v) is 6.29. The number of ether oxygens (including phenoxy) is 2. The van der Waals surface area contributed by atoms with E-state index >= 15 is 0 Å². The van der Waals surface area contributed by atoms with Crippen LogP contribution in [0, 0.1) is 6.92 Å². The summed E-state index contributed by atoms with van der Waals surface area (Å²) in [6.07, 6.45) is 3.92. The SMILES string of the molecule is COc1ccc(-n2ncc(C(C)NCc3cnc(N4CCOCC4)s3)c2C)cc1. The van der Waals surface area contributed by atoms with E-state index < -0.39 is 0 Å². The van der Waals surface area contributed by atoms with Crippen molar-refractivity contribution >= 4 is 16.5 Å². The van der Waals surface area contributed by atoms with Crippen LogP contribution in [0.3, 0.4) is 0 Å². The number of nitrogens with one attached hydrogen (secondary N) is 1. The number of aromatic nitrogens is 3. The summed E-state index contributed by atoms with van der Waals surface area (Å²) < 4.78 is 12.6. The van der Waals surface area contributed by atoms with E-state index in [9.17, 15) is 0 Å². The van der Waals surface area contributed by atoms with Crippen LogP contribution in [0.5, 0.6) is 5.75 Å². The number of rotatable bonds is 7. The van der Waals surface area contributed by atoms with E-state index in [1.807, 2.05) is 41.3 Å². The summed E-state index contributed by atoms with van der Waals surface area (Å²) in [5.74, 6) is 0.842. The second-order valence-corrected chi connectivity index (χ2v) is 8.20. The Bertz CT molecular complexity index is 931. The van der Waals surface area contributed by atoms with Gasteiger partial charge in [0.15, 0.2) is 5.13 Å². The lowest BCUT2D eigenvalue weighted by Gasteiger charge is -2.26. The summed E-state index contributed by atoms with van der Waals surface area (Å²) in [6, 6.07) is 8.13. The van der Waals surface area contributed by atoms with Gasteiger partial charge in [0.2, 0.25) is 0 Å². The minimum absolute atomic E-state index is 0.191. The number of hydrogen-bond acceptors (Lipinski definition) is 7. The molecule has 8 heteroatoms. The van der Waals surface area contributed by atoms with Crippen molar-refractivity contribution in [2.45, 2.75) is 26.4 Å². The molecule has 3 aromatic rings. The maximum Gasteiger partial charge on any atom is 0.185 e. The number of morpholine rings is 1. The van der Waals surface area contributed by atoms with Crippen molar-refractivity contribution in [3.8, 4) is 11.4 Å². The van der Waals surface area contributed by atoms with E-state index in [-0.39, 0.29) is 6.04 Å². The lowest BCUT2D eigenvalue weighted by molar-refractivity contribution is 0.122. The molecule has 4 rings (SSSR count). The van der Waals surface area contributed by atoms with Crippen LogP contribution in [0.25, 0.3) is 5.69 Å². The van der Waals surface area contributed by atoms with Crippen molar-refractivity contribution in [3.05, 3.63) is 52.8 Å². The second-order valence-electron chi connectivity index (χ2n) is 7.11. The lowest BCUT2D eigenvalue weighted by atomic mass is 10.1. The molecule has 1 aliphatic rings.